The number of tetrazole rings is 1. The van der Waals surface area contributed by atoms with Gasteiger partial charge in [0.15, 0.2) is 0 Å². The third-order valence-electron chi connectivity index (χ3n) is 10.3. The molecular formula is C44H51N9O9S2. The fourth-order valence-corrected chi connectivity index (χ4v) is 10.3. The third-order valence-corrected chi connectivity index (χ3v) is 13.8. The van der Waals surface area contributed by atoms with E-state index in [1.807, 2.05) is 0 Å². The molecule has 5 aromatic carbocycles. The fourth-order valence-electron chi connectivity index (χ4n) is 6.91. The highest BCUT2D eigenvalue weighted by Gasteiger charge is 2.38. The predicted molar refractivity (Wildman–Crippen MR) is 242 cm³/mol. The van der Waals surface area contributed by atoms with Crippen LogP contribution < -0.4 is 30.4 Å². The Bertz CT molecular complexity index is 2760. The number of rotatable bonds is 18. The Morgan fingerprint density at radius 2 is 1.28 bits per heavy atom. The molecule has 6 N–H and O–H groups in total. The van der Waals surface area contributed by atoms with Crippen LogP contribution in [0.25, 0.3) is 22.5 Å². The molecule has 18 nitrogen and oxygen atoms in total. The van der Waals surface area contributed by atoms with Gasteiger partial charge in [-0.3, -0.25) is 0 Å². The van der Waals surface area contributed by atoms with E-state index in [9.17, 15) is 18.3 Å². The van der Waals surface area contributed by atoms with Crippen molar-refractivity contribution in [3.8, 4) is 39.8 Å². The molecule has 0 saturated heterocycles. The Morgan fingerprint density at radius 3 is 1.78 bits per heavy atom. The van der Waals surface area contributed by atoms with Gasteiger partial charge in [-0.2, -0.15) is 9.10 Å². The number of carboxylic acid groups (broad SMARTS) is 1. The quantitative estimate of drug-likeness (QED) is 0.0757. The number of carbonyl (C=O) groups is 1. The van der Waals surface area contributed by atoms with Crippen LogP contribution in [0.1, 0.15) is 37.5 Å². The van der Waals surface area contributed by atoms with Crippen molar-refractivity contribution in [2.75, 3.05) is 45.9 Å². The summed E-state index contributed by atoms with van der Waals surface area (Å²) >= 11 is 0. The van der Waals surface area contributed by atoms with Gasteiger partial charge in [0.05, 0.1) is 44.8 Å². The zero-order chi connectivity index (χ0) is 46.4. The van der Waals surface area contributed by atoms with E-state index in [0.717, 1.165) is 20.8 Å². The summed E-state index contributed by atoms with van der Waals surface area (Å²) < 4.78 is 80.8. The van der Waals surface area contributed by atoms with Crippen LogP contribution in [0.5, 0.6) is 17.2 Å². The first-order chi connectivity index (χ1) is 30.4. The number of amides is 1. The van der Waals surface area contributed by atoms with Gasteiger partial charge in [0.2, 0.25) is 25.9 Å². The zero-order valence-electron chi connectivity index (χ0n) is 36.2. The van der Waals surface area contributed by atoms with E-state index in [2.05, 4.69) is 20.1 Å². The Balaban J connectivity index is 1.62. The number of benzene rings is 5. The number of nitrogen functional groups attached to an aromatic ring is 2. The summed E-state index contributed by atoms with van der Waals surface area (Å²) in [7, 11) is -5.19. The van der Waals surface area contributed by atoms with Crippen LogP contribution in [0.4, 0.5) is 16.2 Å². The van der Waals surface area contributed by atoms with Crippen molar-refractivity contribution in [3.05, 3.63) is 120 Å². The number of sulfonamides is 2. The molecule has 0 radical (unpaired) electrons. The summed E-state index contributed by atoms with van der Waals surface area (Å²) in [5, 5.41) is 23.2. The number of para-hydroxylation sites is 1. The Hall–Kier alpha value is -6.74. The lowest BCUT2D eigenvalue weighted by atomic mass is 9.97. The summed E-state index contributed by atoms with van der Waals surface area (Å²) in [6, 6.07) is 28.1. The van der Waals surface area contributed by atoms with E-state index in [1.54, 1.807) is 119 Å². The van der Waals surface area contributed by atoms with Gasteiger partial charge in [0.1, 0.15) is 27.0 Å². The predicted octanol–water partition coefficient (Wildman–Crippen LogP) is 5.69. The number of methoxy groups -OCH3 is 3. The molecule has 338 valence electrons. The highest BCUT2D eigenvalue weighted by atomic mass is 32.2. The second-order valence-corrected chi connectivity index (χ2v) is 19.2. The zero-order valence-corrected chi connectivity index (χ0v) is 37.9. The molecule has 1 amide bonds. The van der Waals surface area contributed by atoms with Crippen LogP contribution in [0.3, 0.4) is 0 Å². The van der Waals surface area contributed by atoms with Gasteiger partial charge in [-0.1, -0.05) is 54.6 Å². The van der Waals surface area contributed by atoms with Crippen LogP contribution >= 0.6 is 0 Å². The molecule has 0 aliphatic rings. The van der Waals surface area contributed by atoms with Gasteiger partial charge in [-0.15, -0.1) is 10.2 Å². The minimum Gasteiger partial charge on any atom is -0.497 e. The summed E-state index contributed by atoms with van der Waals surface area (Å²) in [5.74, 6) is 1.47. The van der Waals surface area contributed by atoms with E-state index >= 15 is 8.42 Å². The molecule has 0 aliphatic carbocycles. The molecular weight excluding hydrogens is 863 g/mol. The summed E-state index contributed by atoms with van der Waals surface area (Å²) in [6.45, 7) is 3.99. The van der Waals surface area contributed by atoms with Gasteiger partial charge >= 0.3 is 6.09 Å². The van der Waals surface area contributed by atoms with Crippen molar-refractivity contribution >= 4 is 37.5 Å². The summed E-state index contributed by atoms with van der Waals surface area (Å²) in [6.07, 6.45) is -1.27. The van der Waals surface area contributed by atoms with Crippen LogP contribution in [-0.2, 0) is 39.7 Å². The molecule has 0 bridgehead atoms. The monoisotopic (exact) mass is 913 g/mol. The molecule has 6 rings (SSSR count). The number of nitrogens with one attached hydrogen (secondary N) is 1. The first-order valence-corrected chi connectivity index (χ1v) is 22.8. The highest BCUT2D eigenvalue weighted by molar-refractivity contribution is 7.92. The molecule has 64 heavy (non-hydrogen) atoms. The lowest BCUT2D eigenvalue weighted by Crippen LogP contribution is -2.48. The van der Waals surface area contributed by atoms with E-state index in [4.69, 9.17) is 25.7 Å². The minimum absolute atomic E-state index is 0.0933. The Kier molecular flexibility index (Phi) is 14.1. The van der Waals surface area contributed by atoms with Gasteiger partial charge < -0.3 is 35.7 Å². The molecule has 0 spiro atoms. The first kappa shape index (κ1) is 46.8. The smallest absolute Gasteiger partial charge is 0.407 e. The Labute approximate surface area is 372 Å². The van der Waals surface area contributed by atoms with Crippen molar-refractivity contribution < 1.29 is 40.9 Å². The SMILES string of the molecule is COc1ccc(CN(Cc2ccc(OC)cc2)S(=O)(=O)c2c(S(=O)(=O)NCCN(C(=O)O)C(C)(C)C)ccc(-c3cccc(N)c3N)c2-c2nnn(Cc3ccc(OC)cc3)n2)cc1. The molecule has 0 saturated carbocycles. The lowest BCUT2D eigenvalue weighted by Gasteiger charge is -2.33. The average molecular weight is 914 g/mol. The molecule has 1 heterocycles. The number of ether oxygens (including phenoxy) is 3. The number of nitrogens with zero attached hydrogens (tertiary/aromatic N) is 6. The van der Waals surface area contributed by atoms with Gasteiger partial charge in [0, 0.05) is 37.3 Å². The second-order valence-electron chi connectivity index (χ2n) is 15.6. The summed E-state index contributed by atoms with van der Waals surface area (Å²) in [4.78, 5) is 13.2. The van der Waals surface area contributed by atoms with Crippen molar-refractivity contribution in [2.24, 2.45) is 0 Å². The van der Waals surface area contributed by atoms with E-state index in [0.29, 0.717) is 28.4 Å². The van der Waals surface area contributed by atoms with Crippen molar-refractivity contribution in [1.29, 1.82) is 0 Å². The van der Waals surface area contributed by atoms with Crippen LogP contribution in [0.2, 0.25) is 0 Å². The van der Waals surface area contributed by atoms with Gasteiger partial charge in [-0.25, -0.2) is 26.4 Å². The number of aromatic nitrogens is 4. The second kappa shape index (κ2) is 19.3. The minimum atomic E-state index is -4.97. The molecule has 1 aromatic heterocycles. The number of hydrogen-bond donors (Lipinski definition) is 4. The number of hydrogen-bond acceptors (Lipinski definition) is 13. The van der Waals surface area contributed by atoms with Crippen LogP contribution in [-0.4, -0.2) is 97.4 Å². The molecule has 0 unspecified atom stereocenters. The average Bonchev–Trinajstić information content (AvgIpc) is 3.73. The molecule has 20 heteroatoms. The molecule has 0 fully saturated rings. The fraction of sp³-hybridized carbons (Fsp3) is 0.273. The first-order valence-electron chi connectivity index (χ1n) is 19.8. The number of nitrogens with two attached hydrogens (primary N) is 2. The maximum atomic E-state index is 15.9. The topological polar surface area (TPSA) is 247 Å². The van der Waals surface area contributed by atoms with Crippen molar-refractivity contribution in [2.45, 2.75) is 55.7 Å². The Morgan fingerprint density at radius 1 is 0.750 bits per heavy atom. The van der Waals surface area contributed by atoms with Crippen LogP contribution in [0, 0.1) is 0 Å². The number of anilines is 2. The third kappa shape index (κ3) is 10.5. The molecule has 6 aromatic rings. The van der Waals surface area contributed by atoms with E-state index in [-0.39, 0.29) is 60.1 Å². The van der Waals surface area contributed by atoms with Crippen molar-refractivity contribution in [1.82, 2.24) is 34.1 Å². The van der Waals surface area contributed by atoms with Crippen molar-refractivity contribution in [3.63, 3.8) is 0 Å². The largest absolute Gasteiger partial charge is 0.497 e. The standard InChI is InChI=1S/C44H51N9O9S2/c1-44(2,3)52(43(54)55)25-24-47-63(56,57)38-23-22-35(36-8-7-9-37(45)40(36)46)39(42-48-50-53(49-42)28-31-14-20-34(62-6)21-15-31)41(38)64(58,59)51(26-29-10-16-32(60-4)17-11-29)27-30-12-18-33(61-5)19-13-30/h7-23,47H,24-28,45-46H2,1-6H3,(H,54,55). The maximum Gasteiger partial charge on any atom is 0.407 e. The maximum absolute atomic E-state index is 15.9. The van der Waals surface area contributed by atoms with Gasteiger partial charge in [-0.05, 0) is 96.8 Å². The van der Waals surface area contributed by atoms with E-state index < -0.39 is 48.0 Å². The highest BCUT2D eigenvalue weighted by Crippen LogP contribution is 2.43. The summed E-state index contributed by atoms with van der Waals surface area (Å²) in [5.41, 5.74) is 14.3. The van der Waals surface area contributed by atoms with E-state index in [1.165, 1.54) is 25.1 Å². The molecule has 0 aliphatic heterocycles. The normalized spacial score (nSPS) is 12.0. The van der Waals surface area contributed by atoms with Crippen LogP contribution in [0.15, 0.2) is 113 Å². The lowest BCUT2D eigenvalue weighted by molar-refractivity contribution is 0.102. The molecule has 0 atom stereocenters. The van der Waals surface area contributed by atoms with Gasteiger partial charge in [0.25, 0.3) is 0 Å².